The first-order chi connectivity index (χ1) is 11.3. The predicted molar refractivity (Wildman–Crippen MR) is 94.4 cm³/mol. The van der Waals surface area contributed by atoms with E-state index in [0.717, 1.165) is 11.1 Å². The molecular weight excluding hydrogens is 304 g/mol. The van der Waals surface area contributed by atoms with E-state index >= 15 is 0 Å². The molecule has 132 valence electrons. The second-order valence-electron chi connectivity index (χ2n) is 7.12. The lowest BCUT2D eigenvalue weighted by atomic mass is 9.90. The quantitative estimate of drug-likeness (QED) is 0.871. The number of nitrogens with zero attached hydrogens (tertiary/aromatic N) is 1. The van der Waals surface area contributed by atoms with Crippen LogP contribution in [0.1, 0.15) is 67.9 Å². The molecule has 0 spiro atoms. The van der Waals surface area contributed by atoms with Gasteiger partial charge in [-0.3, -0.25) is 9.59 Å². The van der Waals surface area contributed by atoms with Gasteiger partial charge in [-0.05, 0) is 36.0 Å². The summed E-state index contributed by atoms with van der Waals surface area (Å²) >= 11 is 0. The van der Waals surface area contributed by atoms with Crippen molar-refractivity contribution in [2.24, 2.45) is 5.92 Å². The second-order valence-corrected chi connectivity index (χ2v) is 7.12. The van der Waals surface area contributed by atoms with Crippen molar-refractivity contribution in [3.8, 4) is 5.75 Å². The van der Waals surface area contributed by atoms with Crippen LogP contribution in [0.25, 0.3) is 0 Å². The van der Waals surface area contributed by atoms with Gasteiger partial charge in [0.25, 0.3) is 5.91 Å². The van der Waals surface area contributed by atoms with E-state index in [1.807, 2.05) is 26.8 Å². The number of rotatable bonds is 5. The Bertz CT molecular complexity index is 632. The van der Waals surface area contributed by atoms with Gasteiger partial charge >= 0.3 is 0 Å². The second kappa shape index (κ2) is 7.24. The third-order valence-electron chi connectivity index (χ3n) is 4.57. The fraction of sp³-hybridized carbons (Fsp3) is 0.579. The molecule has 1 aliphatic rings. The van der Waals surface area contributed by atoms with Crippen LogP contribution in [0.4, 0.5) is 0 Å². The molecule has 0 atom stereocenters. The number of hydrogen-bond donors (Lipinski definition) is 2. The number of phenolic OH excluding ortho intramolecular Hbond substituents is 1. The first-order valence-corrected chi connectivity index (χ1v) is 8.70. The van der Waals surface area contributed by atoms with Crippen molar-refractivity contribution in [3.63, 3.8) is 0 Å². The van der Waals surface area contributed by atoms with Gasteiger partial charge in [0.2, 0.25) is 5.91 Å². The largest absolute Gasteiger partial charge is 0.507 e. The smallest absolute Gasteiger partial charge is 0.257 e. The van der Waals surface area contributed by atoms with Gasteiger partial charge in [0.15, 0.2) is 0 Å². The first kappa shape index (κ1) is 18.3. The number of aromatic hydroxyl groups is 1. The van der Waals surface area contributed by atoms with Crippen LogP contribution in [0.3, 0.4) is 0 Å². The van der Waals surface area contributed by atoms with Crippen LogP contribution in [0.2, 0.25) is 0 Å². The Morgan fingerprint density at radius 1 is 1.21 bits per heavy atom. The summed E-state index contributed by atoms with van der Waals surface area (Å²) in [5.41, 5.74) is 2.19. The molecule has 0 aromatic heterocycles. The lowest BCUT2D eigenvalue weighted by Crippen LogP contribution is -2.55. The van der Waals surface area contributed by atoms with Crippen LogP contribution in [-0.2, 0) is 4.79 Å². The number of amides is 2. The van der Waals surface area contributed by atoms with Crippen LogP contribution in [0.15, 0.2) is 12.1 Å². The van der Waals surface area contributed by atoms with Gasteiger partial charge in [0.1, 0.15) is 5.75 Å². The zero-order valence-corrected chi connectivity index (χ0v) is 15.2. The molecule has 5 nitrogen and oxygen atoms in total. The highest BCUT2D eigenvalue weighted by molar-refractivity contribution is 5.99. The molecule has 2 rings (SSSR count). The van der Waals surface area contributed by atoms with E-state index in [1.165, 1.54) is 0 Å². The molecule has 1 aromatic rings. The zero-order valence-electron chi connectivity index (χ0n) is 15.2. The van der Waals surface area contributed by atoms with Gasteiger partial charge in [0, 0.05) is 19.6 Å². The van der Waals surface area contributed by atoms with E-state index in [9.17, 15) is 14.7 Å². The SMILES string of the molecule is CCNC(=O)C1CN(C(=O)c2cc(C(C)C)cc(C(C)C)c2O)C1. The van der Waals surface area contributed by atoms with E-state index in [0.29, 0.717) is 25.2 Å². The highest BCUT2D eigenvalue weighted by atomic mass is 16.3. The molecule has 24 heavy (non-hydrogen) atoms. The third-order valence-corrected chi connectivity index (χ3v) is 4.57. The summed E-state index contributed by atoms with van der Waals surface area (Å²) in [6.45, 7) is 11.4. The van der Waals surface area contributed by atoms with Crippen LogP contribution < -0.4 is 5.32 Å². The van der Waals surface area contributed by atoms with E-state index in [1.54, 1.807) is 11.0 Å². The minimum Gasteiger partial charge on any atom is -0.507 e. The minimum atomic E-state index is -0.197. The van der Waals surface area contributed by atoms with Crippen LogP contribution in [-0.4, -0.2) is 41.5 Å². The van der Waals surface area contributed by atoms with Crippen molar-refractivity contribution in [2.75, 3.05) is 19.6 Å². The maximum atomic E-state index is 12.8. The third kappa shape index (κ3) is 3.55. The summed E-state index contributed by atoms with van der Waals surface area (Å²) in [5.74, 6) is 0.126. The Morgan fingerprint density at radius 3 is 2.33 bits per heavy atom. The number of hydrogen-bond acceptors (Lipinski definition) is 3. The molecule has 1 aliphatic heterocycles. The van der Waals surface area contributed by atoms with Crippen molar-refractivity contribution in [1.82, 2.24) is 10.2 Å². The van der Waals surface area contributed by atoms with Crippen LogP contribution in [0.5, 0.6) is 5.75 Å². The average Bonchev–Trinajstić information content (AvgIpc) is 2.45. The summed E-state index contributed by atoms with van der Waals surface area (Å²) in [5, 5.41) is 13.3. The summed E-state index contributed by atoms with van der Waals surface area (Å²) in [6.07, 6.45) is 0. The number of carbonyl (C=O) groups excluding carboxylic acids is 2. The van der Waals surface area contributed by atoms with Gasteiger partial charge in [-0.2, -0.15) is 0 Å². The summed E-state index contributed by atoms with van der Waals surface area (Å²) in [4.78, 5) is 26.2. The fourth-order valence-corrected chi connectivity index (χ4v) is 2.92. The number of phenols is 1. The van der Waals surface area contributed by atoms with Crippen molar-refractivity contribution >= 4 is 11.8 Å². The van der Waals surface area contributed by atoms with Crippen molar-refractivity contribution in [3.05, 3.63) is 28.8 Å². The van der Waals surface area contributed by atoms with Gasteiger partial charge in [-0.25, -0.2) is 0 Å². The molecule has 1 aromatic carbocycles. The predicted octanol–water partition coefficient (Wildman–Crippen LogP) is 2.85. The average molecular weight is 332 g/mol. The molecule has 2 N–H and O–H groups in total. The van der Waals surface area contributed by atoms with Gasteiger partial charge < -0.3 is 15.3 Å². The molecule has 1 saturated heterocycles. The minimum absolute atomic E-state index is 0.00966. The maximum Gasteiger partial charge on any atom is 0.257 e. The van der Waals surface area contributed by atoms with E-state index in [-0.39, 0.29) is 35.3 Å². The number of benzene rings is 1. The maximum absolute atomic E-state index is 12.8. The van der Waals surface area contributed by atoms with E-state index < -0.39 is 0 Å². The van der Waals surface area contributed by atoms with Crippen LogP contribution >= 0.6 is 0 Å². The van der Waals surface area contributed by atoms with Crippen molar-refractivity contribution < 1.29 is 14.7 Å². The first-order valence-electron chi connectivity index (χ1n) is 8.70. The number of nitrogens with one attached hydrogen (secondary N) is 1. The molecular formula is C19H28N2O3. The molecule has 1 heterocycles. The van der Waals surface area contributed by atoms with Crippen molar-refractivity contribution in [1.29, 1.82) is 0 Å². The standard InChI is InChI=1S/C19H28N2O3/c1-6-20-18(23)14-9-21(10-14)19(24)16-8-13(11(2)3)7-15(12(4)5)17(16)22/h7-8,11-12,14,22H,6,9-10H2,1-5H3,(H,20,23). The Morgan fingerprint density at radius 2 is 1.83 bits per heavy atom. The lowest BCUT2D eigenvalue weighted by molar-refractivity contribution is -0.128. The molecule has 1 fully saturated rings. The topological polar surface area (TPSA) is 69.6 Å². The summed E-state index contributed by atoms with van der Waals surface area (Å²) < 4.78 is 0. The lowest BCUT2D eigenvalue weighted by Gasteiger charge is -2.38. The fourth-order valence-electron chi connectivity index (χ4n) is 2.92. The molecule has 0 aliphatic carbocycles. The highest BCUT2D eigenvalue weighted by Gasteiger charge is 2.37. The highest BCUT2D eigenvalue weighted by Crippen LogP contribution is 2.34. The molecule has 0 unspecified atom stereocenters. The number of carbonyl (C=O) groups is 2. The number of likely N-dealkylation sites (tertiary alicyclic amines) is 1. The molecule has 0 radical (unpaired) electrons. The van der Waals surface area contributed by atoms with Crippen LogP contribution in [0, 0.1) is 5.92 Å². The molecule has 5 heteroatoms. The summed E-state index contributed by atoms with van der Waals surface area (Å²) in [6, 6.07) is 3.77. The van der Waals surface area contributed by atoms with E-state index in [2.05, 4.69) is 19.2 Å². The molecule has 0 bridgehead atoms. The van der Waals surface area contributed by atoms with Gasteiger partial charge in [-0.15, -0.1) is 0 Å². The Kier molecular flexibility index (Phi) is 5.52. The Balaban J connectivity index is 2.22. The monoisotopic (exact) mass is 332 g/mol. The Labute approximate surface area is 144 Å². The summed E-state index contributed by atoms with van der Waals surface area (Å²) in [7, 11) is 0. The van der Waals surface area contributed by atoms with E-state index in [4.69, 9.17) is 0 Å². The van der Waals surface area contributed by atoms with Gasteiger partial charge in [-0.1, -0.05) is 33.8 Å². The Hall–Kier alpha value is -2.04. The normalized spacial score (nSPS) is 14.9. The van der Waals surface area contributed by atoms with Crippen molar-refractivity contribution in [2.45, 2.75) is 46.5 Å². The molecule has 0 saturated carbocycles. The molecule has 2 amide bonds. The zero-order chi connectivity index (χ0) is 18.0. The van der Waals surface area contributed by atoms with Gasteiger partial charge in [0.05, 0.1) is 11.5 Å².